The molecule has 0 bridgehead atoms. The zero-order valence-electron chi connectivity index (χ0n) is 14.7. The minimum absolute atomic E-state index is 0.0993. The minimum atomic E-state index is -3.87. The number of allylic oxidation sites excluding steroid dienone is 1. The lowest BCUT2D eigenvalue weighted by Gasteiger charge is -2.19. The molecule has 0 spiro atoms. The predicted octanol–water partition coefficient (Wildman–Crippen LogP) is 5.01. The molecule has 2 aromatic rings. The molecule has 0 unspecified atom stereocenters. The van der Waals surface area contributed by atoms with Gasteiger partial charge in [-0.2, -0.15) is 0 Å². The summed E-state index contributed by atoms with van der Waals surface area (Å²) >= 11 is 0. The maximum Gasteiger partial charge on any atom is 0.238 e. The van der Waals surface area contributed by atoms with Crippen molar-refractivity contribution in [1.82, 2.24) is 0 Å². The Morgan fingerprint density at radius 2 is 1.78 bits per heavy atom. The Hall–Kier alpha value is -2.48. The van der Waals surface area contributed by atoms with E-state index in [0.717, 1.165) is 12.1 Å². The molecule has 0 radical (unpaired) electrons. The molecule has 8 heteroatoms. The van der Waals surface area contributed by atoms with Gasteiger partial charge in [-0.1, -0.05) is 12.1 Å². The molecule has 0 heterocycles. The largest absolute Gasteiger partial charge is 0.349 e. The normalized spacial score (nSPS) is 15.3. The Balaban J connectivity index is 1.99. The lowest BCUT2D eigenvalue weighted by molar-refractivity contribution is 0.512. The number of halogens is 3. The molecule has 0 amide bonds. The van der Waals surface area contributed by atoms with E-state index in [1.807, 2.05) is 0 Å². The van der Waals surface area contributed by atoms with Crippen molar-refractivity contribution >= 4 is 27.1 Å². The van der Waals surface area contributed by atoms with Crippen molar-refractivity contribution in [2.24, 2.45) is 0 Å². The zero-order valence-corrected chi connectivity index (χ0v) is 15.5. The van der Waals surface area contributed by atoms with Gasteiger partial charge in [0.05, 0.1) is 16.1 Å². The number of sulfonamides is 1. The molecular weight excluding hydrogens is 377 g/mol. The first-order valence-electron chi connectivity index (χ1n) is 8.33. The van der Waals surface area contributed by atoms with Crippen LogP contribution >= 0.6 is 0 Å². The molecule has 144 valence electrons. The van der Waals surface area contributed by atoms with Crippen LogP contribution in [0.15, 0.2) is 43.0 Å². The monoisotopic (exact) mass is 396 g/mol. The average Bonchev–Trinajstić information content (AvgIpc) is 3.38. The first kappa shape index (κ1) is 19.3. The van der Waals surface area contributed by atoms with E-state index in [-0.39, 0.29) is 17.8 Å². The molecule has 1 aliphatic rings. The van der Waals surface area contributed by atoms with Crippen molar-refractivity contribution in [3.63, 3.8) is 0 Å². The van der Waals surface area contributed by atoms with E-state index in [1.54, 1.807) is 13.0 Å². The van der Waals surface area contributed by atoms with Crippen LogP contribution in [0.25, 0.3) is 0 Å². The van der Waals surface area contributed by atoms with Gasteiger partial charge in [-0.25, -0.2) is 21.6 Å². The highest BCUT2D eigenvalue weighted by Crippen LogP contribution is 2.48. The predicted molar refractivity (Wildman–Crippen MR) is 100 cm³/mol. The second-order valence-corrected chi connectivity index (χ2v) is 8.75. The molecule has 2 aromatic carbocycles. The fourth-order valence-corrected chi connectivity index (χ4v) is 4.51. The van der Waals surface area contributed by atoms with E-state index in [0.29, 0.717) is 18.4 Å². The number of hydrogen-bond acceptors (Lipinski definition) is 3. The molecule has 1 aliphatic carbocycles. The molecule has 3 rings (SSSR count). The van der Waals surface area contributed by atoms with Crippen LogP contribution in [0.5, 0.6) is 0 Å². The van der Waals surface area contributed by atoms with Gasteiger partial charge in [0.2, 0.25) is 10.0 Å². The van der Waals surface area contributed by atoms with Crippen LogP contribution < -0.4 is 10.0 Å². The summed E-state index contributed by atoms with van der Waals surface area (Å²) in [6.07, 6.45) is 2.67. The van der Waals surface area contributed by atoms with Gasteiger partial charge in [0.25, 0.3) is 0 Å². The molecule has 27 heavy (non-hydrogen) atoms. The Morgan fingerprint density at radius 3 is 2.37 bits per heavy atom. The van der Waals surface area contributed by atoms with Crippen LogP contribution in [0.4, 0.5) is 30.2 Å². The molecular formula is C19H19F3N2O2S. The van der Waals surface area contributed by atoms with Crippen LogP contribution in [0.3, 0.4) is 0 Å². The third-order valence-electron chi connectivity index (χ3n) is 4.62. The zero-order chi connectivity index (χ0) is 19.8. The van der Waals surface area contributed by atoms with E-state index >= 15 is 0 Å². The smallest absolute Gasteiger partial charge is 0.238 e. The second kappa shape index (κ2) is 6.92. The number of hydrogen-bond donors (Lipinski definition) is 2. The molecule has 1 fully saturated rings. The van der Waals surface area contributed by atoms with Gasteiger partial charge in [0.15, 0.2) is 11.6 Å². The molecule has 2 N–H and O–H groups in total. The third kappa shape index (κ3) is 3.66. The SMILES string of the molecule is C=CCC1(S(=O)(=O)Nc2ccc(F)c(F)c2Nc2ccc(C)cc2F)CC1. The van der Waals surface area contributed by atoms with E-state index in [1.165, 1.54) is 18.2 Å². The van der Waals surface area contributed by atoms with Crippen molar-refractivity contribution in [2.45, 2.75) is 30.9 Å². The second-order valence-electron chi connectivity index (χ2n) is 6.67. The third-order valence-corrected chi connectivity index (χ3v) is 6.82. The van der Waals surface area contributed by atoms with Crippen LogP contribution in [-0.2, 0) is 10.0 Å². The average molecular weight is 396 g/mol. The lowest BCUT2D eigenvalue weighted by atomic mass is 10.2. The van der Waals surface area contributed by atoms with E-state index in [2.05, 4.69) is 16.6 Å². The lowest BCUT2D eigenvalue weighted by Crippen LogP contribution is -2.29. The van der Waals surface area contributed by atoms with Gasteiger partial charge in [0.1, 0.15) is 11.5 Å². The fourth-order valence-electron chi connectivity index (χ4n) is 2.85. The van der Waals surface area contributed by atoms with Gasteiger partial charge in [-0.3, -0.25) is 4.72 Å². The standard InChI is InChI=1S/C19H19F3N2O2S/c1-3-8-19(9-10-19)27(25,26)24-16-7-5-13(20)17(22)18(16)23-15-6-4-12(2)11-14(15)21/h3-7,11,23-24H,1,8-10H2,2H3. The number of aryl methyl sites for hydroxylation is 1. The summed E-state index contributed by atoms with van der Waals surface area (Å²) in [5, 5.41) is 2.47. The highest BCUT2D eigenvalue weighted by molar-refractivity contribution is 7.94. The molecule has 0 aromatic heterocycles. The number of benzene rings is 2. The van der Waals surface area contributed by atoms with Crippen molar-refractivity contribution in [2.75, 3.05) is 10.0 Å². The minimum Gasteiger partial charge on any atom is -0.349 e. The summed E-state index contributed by atoms with van der Waals surface area (Å²) in [5.74, 6) is -3.15. The van der Waals surface area contributed by atoms with Gasteiger partial charge >= 0.3 is 0 Å². The molecule has 4 nitrogen and oxygen atoms in total. The highest BCUT2D eigenvalue weighted by atomic mass is 32.2. The van der Waals surface area contributed by atoms with E-state index in [9.17, 15) is 21.6 Å². The van der Waals surface area contributed by atoms with E-state index in [4.69, 9.17) is 0 Å². The molecule has 0 aliphatic heterocycles. The summed E-state index contributed by atoms with van der Waals surface area (Å²) in [4.78, 5) is 0. The summed E-state index contributed by atoms with van der Waals surface area (Å²) in [6, 6.07) is 6.11. The fraction of sp³-hybridized carbons (Fsp3) is 0.263. The number of anilines is 3. The van der Waals surface area contributed by atoms with Crippen molar-refractivity contribution in [3.8, 4) is 0 Å². The van der Waals surface area contributed by atoms with Crippen molar-refractivity contribution in [3.05, 3.63) is 66.0 Å². The van der Waals surface area contributed by atoms with Crippen molar-refractivity contribution < 1.29 is 21.6 Å². The van der Waals surface area contributed by atoms with Crippen LogP contribution in [0.2, 0.25) is 0 Å². The first-order valence-corrected chi connectivity index (χ1v) is 9.82. The van der Waals surface area contributed by atoms with Crippen LogP contribution in [0, 0.1) is 24.4 Å². The number of nitrogens with one attached hydrogen (secondary N) is 2. The maximum atomic E-state index is 14.4. The molecule has 0 saturated heterocycles. The summed E-state index contributed by atoms with van der Waals surface area (Å²) < 4.78 is 69.0. The van der Waals surface area contributed by atoms with Crippen LogP contribution in [-0.4, -0.2) is 13.2 Å². The van der Waals surface area contributed by atoms with Gasteiger partial charge in [-0.05, 0) is 56.0 Å². The van der Waals surface area contributed by atoms with Crippen LogP contribution in [0.1, 0.15) is 24.8 Å². The summed E-state index contributed by atoms with van der Waals surface area (Å²) in [6.45, 7) is 5.25. The Kier molecular flexibility index (Phi) is 4.94. The molecule has 1 saturated carbocycles. The quantitative estimate of drug-likeness (QED) is 0.647. The number of rotatable bonds is 7. The first-order chi connectivity index (χ1) is 12.7. The Labute approximate surface area is 156 Å². The highest BCUT2D eigenvalue weighted by Gasteiger charge is 2.53. The van der Waals surface area contributed by atoms with Gasteiger partial charge in [0, 0.05) is 0 Å². The van der Waals surface area contributed by atoms with Gasteiger partial charge in [-0.15, -0.1) is 6.58 Å². The Bertz CT molecular complexity index is 1000. The summed E-state index contributed by atoms with van der Waals surface area (Å²) in [5.41, 5.74) is -0.114. The van der Waals surface area contributed by atoms with Gasteiger partial charge < -0.3 is 5.32 Å². The van der Waals surface area contributed by atoms with E-state index < -0.39 is 37.9 Å². The van der Waals surface area contributed by atoms with Crippen molar-refractivity contribution in [1.29, 1.82) is 0 Å². The topological polar surface area (TPSA) is 58.2 Å². The summed E-state index contributed by atoms with van der Waals surface area (Å²) in [7, 11) is -3.87. The Morgan fingerprint density at radius 1 is 1.11 bits per heavy atom. The molecule has 0 atom stereocenters. The maximum absolute atomic E-state index is 14.4.